The Hall–Kier alpha value is -2.81. The van der Waals surface area contributed by atoms with Gasteiger partial charge in [0.1, 0.15) is 23.4 Å². The van der Waals surface area contributed by atoms with Crippen LogP contribution in [-0.4, -0.2) is 24.0 Å². The van der Waals surface area contributed by atoms with E-state index in [4.69, 9.17) is 4.74 Å². The zero-order valence-corrected chi connectivity index (χ0v) is 14.2. The van der Waals surface area contributed by atoms with Crippen molar-refractivity contribution in [2.45, 2.75) is 25.9 Å². The molecule has 0 aromatic heterocycles. The Morgan fingerprint density at radius 2 is 1.93 bits per heavy atom. The second kappa shape index (κ2) is 8.72. The number of ether oxygens (including phenoxy) is 2. The van der Waals surface area contributed by atoms with Crippen molar-refractivity contribution < 1.29 is 36.9 Å². The van der Waals surface area contributed by atoms with E-state index >= 15 is 0 Å². The van der Waals surface area contributed by atoms with E-state index in [0.29, 0.717) is 5.56 Å². The van der Waals surface area contributed by atoms with Crippen LogP contribution < -0.4 is 10.1 Å². The molecule has 0 saturated heterocycles. The number of hydrogen-bond acceptors (Lipinski definition) is 5. The number of hydrogen-bond donors (Lipinski definition) is 2. The smallest absolute Gasteiger partial charge is 0.508 e. The number of phenolic OH excluding ortho intramolecular Hbond substituents is 1. The molecule has 1 atom stereocenters. The van der Waals surface area contributed by atoms with Gasteiger partial charge in [0.25, 0.3) is 0 Å². The summed E-state index contributed by atoms with van der Waals surface area (Å²) in [6, 6.07) is 7.59. The van der Waals surface area contributed by atoms with Crippen LogP contribution in [0.4, 0.5) is 17.6 Å². The molecule has 2 aromatic rings. The Morgan fingerprint density at radius 1 is 1.22 bits per heavy atom. The largest absolute Gasteiger partial charge is 0.573 e. The summed E-state index contributed by atoms with van der Waals surface area (Å²) in [6.45, 7) is 1.21. The molecule has 1 unspecified atom stereocenters. The van der Waals surface area contributed by atoms with E-state index in [0.717, 1.165) is 18.2 Å². The molecule has 0 amide bonds. The number of halogens is 4. The van der Waals surface area contributed by atoms with E-state index in [1.165, 1.54) is 24.3 Å². The number of phenols is 1. The van der Waals surface area contributed by atoms with Crippen LogP contribution in [0.1, 0.15) is 24.1 Å². The third kappa shape index (κ3) is 5.85. The minimum atomic E-state index is -4.99. The summed E-state index contributed by atoms with van der Waals surface area (Å²) in [5.74, 6) is -2.48. The first-order chi connectivity index (χ1) is 12.7. The fourth-order valence-corrected chi connectivity index (χ4v) is 2.40. The minimum Gasteiger partial charge on any atom is -0.508 e. The first-order valence-corrected chi connectivity index (χ1v) is 7.93. The number of benzene rings is 2. The van der Waals surface area contributed by atoms with Gasteiger partial charge < -0.3 is 14.6 Å². The average molecular weight is 387 g/mol. The molecular formula is C18H17F4NO4. The molecule has 2 aromatic carbocycles. The van der Waals surface area contributed by atoms with Gasteiger partial charge in [-0.3, -0.25) is 5.32 Å². The lowest BCUT2D eigenvalue weighted by Crippen LogP contribution is -2.30. The standard InChI is InChI=1S/C18H17F4NO4/c1-2-26-17(25)16(11-5-3-6-12(24)9-11)23-10-13-14(19)7-4-8-15(13)27-18(20,21)22/h3-9,16,23-24H,2,10H2,1H3. The number of alkyl halides is 3. The summed E-state index contributed by atoms with van der Waals surface area (Å²) in [6.07, 6.45) is -4.99. The van der Waals surface area contributed by atoms with E-state index in [-0.39, 0.29) is 12.4 Å². The third-order valence-corrected chi connectivity index (χ3v) is 3.51. The molecule has 0 radical (unpaired) electrons. The molecule has 0 aliphatic heterocycles. The summed E-state index contributed by atoms with van der Waals surface area (Å²) in [7, 11) is 0. The van der Waals surface area contributed by atoms with Crippen LogP contribution in [0.3, 0.4) is 0 Å². The van der Waals surface area contributed by atoms with Crippen molar-refractivity contribution in [3.63, 3.8) is 0 Å². The number of nitrogens with one attached hydrogen (secondary N) is 1. The second-order valence-corrected chi connectivity index (χ2v) is 5.43. The lowest BCUT2D eigenvalue weighted by Gasteiger charge is -2.20. The van der Waals surface area contributed by atoms with Crippen LogP contribution >= 0.6 is 0 Å². The molecule has 0 aliphatic rings. The van der Waals surface area contributed by atoms with E-state index < -0.39 is 42.0 Å². The predicted octanol–water partition coefficient (Wildman–Crippen LogP) is 3.82. The highest BCUT2D eigenvalue weighted by Gasteiger charge is 2.33. The topological polar surface area (TPSA) is 67.8 Å². The van der Waals surface area contributed by atoms with Crippen LogP contribution in [0.2, 0.25) is 0 Å². The summed E-state index contributed by atoms with van der Waals surface area (Å²) in [5, 5.41) is 12.2. The zero-order chi connectivity index (χ0) is 20.0. The zero-order valence-electron chi connectivity index (χ0n) is 14.2. The Morgan fingerprint density at radius 3 is 2.56 bits per heavy atom. The van der Waals surface area contributed by atoms with E-state index in [9.17, 15) is 27.5 Å². The number of esters is 1. The van der Waals surface area contributed by atoms with E-state index in [2.05, 4.69) is 10.1 Å². The fraction of sp³-hybridized carbons (Fsp3) is 0.278. The number of aromatic hydroxyl groups is 1. The first-order valence-electron chi connectivity index (χ1n) is 7.93. The van der Waals surface area contributed by atoms with E-state index in [1.807, 2.05) is 0 Å². The molecule has 0 heterocycles. The van der Waals surface area contributed by atoms with Gasteiger partial charge in [0.2, 0.25) is 0 Å². The van der Waals surface area contributed by atoms with Crippen molar-refractivity contribution in [1.29, 1.82) is 0 Å². The number of carbonyl (C=O) groups excluding carboxylic acids is 1. The molecule has 27 heavy (non-hydrogen) atoms. The van der Waals surface area contributed by atoms with Gasteiger partial charge in [-0.15, -0.1) is 13.2 Å². The van der Waals surface area contributed by atoms with Crippen molar-refractivity contribution in [1.82, 2.24) is 5.32 Å². The maximum absolute atomic E-state index is 14.0. The summed E-state index contributed by atoms with van der Waals surface area (Å²) in [4.78, 5) is 12.2. The highest BCUT2D eigenvalue weighted by molar-refractivity contribution is 5.77. The molecular weight excluding hydrogens is 370 g/mol. The van der Waals surface area contributed by atoms with Gasteiger partial charge >= 0.3 is 12.3 Å². The molecule has 2 rings (SSSR count). The second-order valence-electron chi connectivity index (χ2n) is 5.43. The monoisotopic (exact) mass is 387 g/mol. The lowest BCUT2D eigenvalue weighted by molar-refractivity contribution is -0.275. The van der Waals surface area contributed by atoms with Crippen LogP contribution in [-0.2, 0) is 16.1 Å². The van der Waals surface area contributed by atoms with E-state index in [1.54, 1.807) is 6.92 Å². The van der Waals surface area contributed by atoms with Crippen LogP contribution in [0.5, 0.6) is 11.5 Å². The summed E-state index contributed by atoms with van der Waals surface area (Å²) < 4.78 is 60.4. The minimum absolute atomic E-state index is 0.0674. The molecule has 0 bridgehead atoms. The summed E-state index contributed by atoms with van der Waals surface area (Å²) >= 11 is 0. The Balaban J connectivity index is 2.28. The van der Waals surface area contributed by atoms with Gasteiger partial charge in [-0.05, 0) is 36.8 Å². The molecule has 0 fully saturated rings. The predicted molar refractivity (Wildman–Crippen MR) is 87.4 cm³/mol. The average Bonchev–Trinajstić information content (AvgIpc) is 2.56. The molecule has 146 valence electrons. The fourth-order valence-electron chi connectivity index (χ4n) is 2.40. The Labute approximate surface area is 152 Å². The lowest BCUT2D eigenvalue weighted by atomic mass is 10.1. The number of carbonyl (C=O) groups is 1. The quantitative estimate of drug-likeness (QED) is 0.558. The van der Waals surface area contributed by atoms with Crippen LogP contribution in [0.25, 0.3) is 0 Å². The van der Waals surface area contributed by atoms with Gasteiger partial charge in [-0.1, -0.05) is 18.2 Å². The van der Waals surface area contributed by atoms with Crippen molar-refractivity contribution in [3.05, 3.63) is 59.4 Å². The Kier molecular flexibility index (Phi) is 6.62. The van der Waals surface area contributed by atoms with Gasteiger partial charge in [-0.25, -0.2) is 9.18 Å². The van der Waals surface area contributed by atoms with Crippen molar-refractivity contribution in [2.75, 3.05) is 6.61 Å². The van der Waals surface area contributed by atoms with Gasteiger partial charge in [0, 0.05) is 12.1 Å². The molecule has 0 spiro atoms. The maximum atomic E-state index is 14.0. The molecule has 9 heteroatoms. The number of rotatable bonds is 7. The highest BCUT2D eigenvalue weighted by Crippen LogP contribution is 2.29. The third-order valence-electron chi connectivity index (χ3n) is 3.51. The van der Waals surface area contributed by atoms with Crippen molar-refractivity contribution >= 4 is 5.97 Å². The van der Waals surface area contributed by atoms with Crippen molar-refractivity contribution in [3.8, 4) is 11.5 Å². The highest BCUT2D eigenvalue weighted by atomic mass is 19.4. The summed E-state index contributed by atoms with van der Waals surface area (Å²) in [5.41, 5.74) is -0.0904. The SMILES string of the molecule is CCOC(=O)C(NCc1c(F)cccc1OC(F)(F)F)c1cccc(O)c1. The maximum Gasteiger partial charge on any atom is 0.573 e. The first kappa shape index (κ1) is 20.5. The van der Waals surface area contributed by atoms with Crippen LogP contribution in [0.15, 0.2) is 42.5 Å². The van der Waals surface area contributed by atoms with Crippen molar-refractivity contribution in [2.24, 2.45) is 0 Å². The normalized spacial score (nSPS) is 12.5. The van der Waals surface area contributed by atoms with Gasteiger partial charge in [-0.2, -0.15) is 0 Å². The Bertz CT molecular complexity index is 795. The molecule has 0 aliphatic carbocycles. The molecule has 0 saturated carbocycles. The van der Waals surface area contributed by atoms with Crippen LogP contribution in [0, 0.1) is 5.82 Å². The van der Waals surface area contributed by atoms with Gasteiger partial charge in [0.05, 0.1) is 6.61 Å². The molecule has 5 nitrogen and oxygen atoms in total. The van der Waals surface area contributed by atoms with Gasteiger partial charge in [0.15, 0.2) is 0 Å². The molecule has 2 N–H and O–H groups in total.